The van der Waals surface area contributed by atoms with Crippen LogP contribution in [0.5, 0.6) is 0 Å². The smallest absolute Gasteiger partial charge is 0.244 e. The van der Waals surface area contributed by atoms with Crippen LogP contribution in [0.4, 0.5) is 5.69 Å². The first-order chi connectivity index (χ1) is 12.5. The number of hydrogen-bond donors (Lipinski definition) is 2. The summed E-state index contributed by atoms with van der Waals surface area (Å²) in [6.45, 7) is 4.26. The molecule has 2 aromatic carbocycles. The molecule has 0 aliphatic rings. The summed E-state index contributed by atoms with van der Waals surface area (Å²) in [5.74, 6) is 0.747. The van der Waals surface area contributed by atoms with E-state index in [0.717, 1.165) is 16.8 Å². The zero-order valence-electron chi connectivity index (χ0n) is 14.5. The number of benzene rings is 2. The fourth-order valence-electron chi connectivity index (χ4n) is 2.73. The van der Waals surface area contributed by atoms with Gasteiger partial charge in [-0.2, -0.15) is 5.10 Å². The Labute approximate surface area is 162 Å². The molecule has 26 heavy (non-hydrogen) atoms. The van der Waals surface area contributed by atoms with Gasteiger partial charge in [-0.05, 0) is 54.0 Å². The molecule has 0 bridgehead atoms. The van der Waals surface area contributed by atoms with Crippen LogP contribution in [-0.2, 0) is 11.3 Å². The first-order valence-electron chi connectivity index (χ1n) is 8.25. The van der Waals surface area contributed by atoms with Gasteiger partial charge in [-0.15, -0.1) is 0 Å². The normalized spacial score (nSPS) is 10.9. The SMILES string of the molecule is CC(C)c1ccccc1NC(=O)Cn1c(-c2ccc(Cl)cc2)n[nH]c1=S. The molecule has 7 heteroatoms. The Morgan fingerprint density at radius 1 is 1.23 bits per heavy atom. The number of para-hydroxylation sites is 1. The van der Waals surface area contributed by atoms with Gasteiger partial charge in [0.05, 0.1) is 0 Å². The summed E-state index contributed by atoms with van der Waals surface area (Å²) >= 11 is 11.2. The number of anilines is 1. The topological polar surface area (TPSA) is 62.7 Å². The van der Waals surface area contributed by atoms with Gasteiger partial charge in [0, 0.05) is 16.3 Å². The van der Waals surface area contributed by atoms with Crippen LogP contribution in [0.1, 0.15) is 25.3 Å². The molecule has 3 rings (SSSR count). The molecule has 0 atom stereocenters. The minimum atomic E-state index is -0.161. The van der Waals surface area contributed by atoms with E-state index in [1.165, 1.54) is 0 Å². The zero-order valence-corrected chi connectivity index (χ0v) is 16.1. The van der Waals surface area contributed by atoms with Crippen LogP contribution in [0.15, 0.2) is 48.5 Å². The summed E-state index contributed by atoms with van der Waals surface area (Å²) < 4.78 is 2.06. The second-order valence-electron chi connectivity index (χ2n) is 6.24. The molecule has 0 radical (unpaired) electrons. The van der Waals surface area contributed by atoms with Crippen molar-refractivity contribution in [1.82, 2.24) is 14.8 Å². The third kappa shape index (κ3) is 4.03. The van der Waals surface area contributed by atoms with Crippen molar-refractivity contribution in [3.63, 3.8) is 0 Å². The first-order valence-corrected chi connectivity index (χ1v) is 9.04. The van der Waals surface area contributed by atoms with E-state index in [0.29, 0.717) is 21.5 Å². The zero-order chi connectivity index (χ0) is 18.7. The predicted molar refractivity (Wildman–Crippen MR) is 107 cm³/mol. The Morgan fingerprint density at radius 3 is 2.62 bits per heavy atom. The number of rotatable bonds is 5. The molecule has 0 spiro atoms. The van der Waals surface area contributed by atoms with Crippen molar-refractivity contribution in [2.45, 2.75) is 26.3 Å². The van der Waals surface area contributed by atoms with E-state index >= 15 is 0 Å². The molecule has 1 amide bonds. The lowest BCUT2D eigenvalue weighted by molar-refractivity contribution is -0.116. The number of hydrogen-bond acceptors (Lipinski definition) is 3. The number of carbonyl (C=O) groups excluding carboxylic acids is 1. The van der Waals surface area contributed by atoms with Gasteiger partial charge in [0.25, 0.3) is 0 Å². The maximum atomic E-state index is 12.6. The van der Waals surface area contributed by atoms with Crippen molar-refractivity contribution in [3.8, 4) is 11.4 Å². The number of nitrogens with one attached hydrogen (secondary N) is 2. The van der Waals surface area contributed by atoms with Crippen LogP contribution >= 0.6 is 23.8 Å². The number of nitrogens with zero attached hydrogens (tertiary/aromatic N) is 2. The molecule has 0 saturated heterocycles. The van der Waals surface area contributed by atoms with Gasteiger partial charge < -0.3 is 5.32 Å². The maximum Gasteiger partial charge on any atom is 0.244 e. The van der Waals surface area contributed by atoms with Crippen molar-refractivity contribution >= 4 is 35.4 Å². The van der Waals surface area contributed by atoms with E-state index in [1.54, 1.807) is 16.7 Å². The summed E-state index contributed by atoms with van der Waals surface area (Å²) in [5, 5.41) is 10.6. The number of aromatic nitrogens is 3. The molecule has 0 saturated carbocycles. The number of H-pyrrole nitrogens is 1. The highest BCUT2D eigenvalue weighted by atomic mass is 35.5. The largest absolute Gasteiger partial charge is 0.324 e. The van der Waals surface area contributed by atoms with Crippen LogP contribution in [-0.4, -0.2) is 20.7 Å². The van der Waals surface area contributed by atoms with E-state index in [1.807, 2.05) is 36.4 Å². The Hall–Kier alpha value is -2.44. The van der Waals surface area contributed by atoms with Gasteiger partial charge in [0.2, 0.25) is 5.91 Å². The molecular formula is C19H19ClN4OS. The standard InChI is InChI=1S/C19H19ClN4OS/c1-12(2)15-5-3-4-6-16(15)21-17(25)11-24-18(22-23-19(24)26)13-7-9-14(20)10-8-13/h3-10,12H,11H2,1-2H3,(H,21,25)(H,23,26). The fraction of sp³-hybridized carbons (Fsp3) is 0.211. The van der Waals surface area contributed by atoms with Crippen LogP contribution in [0.2, 0.25) is 5.02 Å². The monoisotopic (exact) mass is 386 g/mol. The highest BCUT2D eigenvalue weighted by molar-refractivity contribution is 7.71. The van der Waals surface area contributed by atoms with E-state index in [-0.39, 0.29) is 12.5 Å². The van der Waals surface area contributed by atoms with Crippen LogP contribution in [0.3, 0.4) is 0 Å². The van der Waals surface area contributed by atoms with Gasteiger partial charge in [0.15, 0.2) is 10.6 Å². The van der Waals surface area contributed by atoms with Crippen molar-refractivity contribution in [1.29, 1.82) is 0 Å². The second kappa shape index (κ2) is 7.85. The molecule has 2 N–H and O–H groups in total. The number of carbonyl (C=O) groups is 1. The third-order valence-electron chi connectivity index (χ3n) is 4.02. The molecule has 1 heterocycles. The predicted octanol–water partition coefficient (Wildman–Crippen LogP) is 5.02. The van der Waals surface area contributed by atoms with Gasteiger partial charge >= 0.3 is 0 Å². The minimum absolute atomic E-state index is 0.0692. The third-order valence-corrected chi connectivity index (χ3v) is 4.58. The molecular weight excluding hydrogens is 368 g/mol. The first kappa shape index (κ1) is 18.4. The number of aromatic amines is 1. The van der Waals surface area contributed by atoms with E-state index in [4.69, 9.17) is 23.8 Å². The molecule has 0 aliphatic carbocycles. The van der Waals surface area contributed by atoms with Crippen molar-refractivity contribution in [2.24, 2.45) is 0 Å². The van der Waals surface area contributed by atoms with Gasteiger partial charge in [-0.25, -0.2) is 0 Å². The summed E-state index contributed by atoms with van der Waals surface area (Å²) in [7, 11) is 0. The Balaban J connectivity index is 1.84. The van der Waals surface area contributed by atoms with Gasteiger partial charge in [-0.3, -0.25) is 14.5 Å². The fourth-order valence-corrected chi connectivity index (χ4v) is 3.05. The number of halogens is 1. The Bertz CT molecular complexity index is 976. The average molecular weight is 387 g/mol. The summed E-state index contributed by atoms with van der Waals surface area (Å²) in [6.07, 6.45) is 0. The van der Waals surface area contributed by atoms with Gasteiger partial charge in [-0.1, -0.05) is 43.6 Å². The lowest BCUT2D eigenvalue weighted by atomic mass is 10.0. The molecule has 0 aliphatic heterocycles. The van der Waals surface area contributed by atoms with Crippen LogP contribution in [0, 0.1) is 4.77 Å². The molecule has 5 nitrogen and oxygen atoms in total. The highest BCUT2D eigenvalue weighted by Gasteiger charge is 2.14. The van der Waals surface area contributed by atoms with E-state index < -0.39 is 0 Å². The minimum Gasteiger partial charge on any atom is -0.324 e. The quantitative estimate of drug-likeness (QED) is 0.605. The highest BCUT2D eigenvalue weighted by Crippen LogP contribution is 2.24. The lowest BCUT2D eigenvalue weighted by Gasteiger charge is -2.14. The Morgan fingerprint density at radius 2 is 1.92 bits per heavy atom. The molecule has 0 unspecified atom stereocenters. The van der Waals surface area contributed by atoms with E-state index in [2.05, 4.69) is 29.4 Å². The summed E-state index contributed by atoms with van der Waals surface area (Å²) in [5.41, 5.74) is 2.74. The maximum absolute atomic E-state index is 12.6. The Kier molecular flexibility index (Phi) is 5.54. The number of amides is 1. The van der Waals surface area contributed by atoms with E-state index in [9.17, 15) is 4.79 Å². The van der Waals surface area contributed by atoms with Gasteiger partial charge in [0.1, 0.15) is 6.54 Å². The average Bonchev–Trinajstić information content (AvgIpc) is 2.96. The van der Waals surface area contributed by atoms with Crippen molar-refractivity contribution in [3.05, 3.63) is 63.9 Å². The molecule has 134 valence electrons. The second-order valence-corrected chi connectivity index (χ2v) is 7.06. The summed E-state index contributed by atoms with van der Waals surface area (Å²) in [6, 6.07) is 15.0. The van der Waals surface area contributed by atoms with Crippen molar-refractivity contribution < 1.29 is 4.79 Å². The summed E-state index contributed by atoms with van der Waals surface area (Å²) in [4.78, 5) is 12.6. The molecule has 0 fully saturated rings. The van der Waals surface area contributed by atoms with Crippen molar-refractivity contribution in [2.75, 3.05) is 5.32 Å². The van der Waals surface area contributed by atoms with Crippen LogP contribution in [0.25, 0.3) is 11.4 Å². The molecule has 3 aromatic rings. The lowest BCUT2D eigenvalue weighted by Crippen LogP contribution is -2.20. The molecule has 1 aromatic heterocycles. The van der Waals surface area contributed by atoms with Crippen LogP contribution < -0.4 is 5.32 Å².